The van der Waals surface area contributed by atoms with E-state index in [1.165, 1.54) is 22.3 Å². The zero-order valence-electron chi connectivity index (χ0n) is 13.0. The molecule has 0 saturated heterocycles. The first kappa shape index (κ1) is 14.7. The topological polar surface area (TPSA) is 37.8 Å². The van der Waals surface area contributed by atoms with Crippen LogP contribution in [0.1, 0.15) is 46.6 Å². The lowest BCUT2D eigenvalue weighted by Crippen LogP contribution is -2.20. The summed E-state index contributed by atoms with van der Waals surface area (Å²) in [5.41, 5.74) is 7.12. The van der Waals surface area contributed by atoms with Crippen LogP contribution in [-0.2, 0) is 6.42 Å². The second-order valence-electron chi connectivity index (χ2n) is 5.38. The van der Waals surface area contributed by atoms with Gasteiger partial charge in [-0.3, -0.25) is 0 Å². The summed E-state index contributed by atoms with van der Waals surface area (Å²) in [6.45, 7) is 8.39. The molecule has 2 rings (SSSR count). The van der Waals surface area contributed by atoms with Gasteiger partial charge in [-0.25, -0.2) is 0 Å². The van der Waals surface area contributed by atoms with Crippen LogP contribution in [0.15, 0.2) is 24.3 Å². The SMILES string of the molecule is CCc1nnc(C)cc1C(NC)c1cc(C)cc(C)c1. The van der Waals surface area contributed by atoms with Crippen LogP contribution in [0.25, 0.3) is 0 Å². The molecule has 3 heteroatoms. The smallest absolute Gasteiger partial charge is 0.0679 e. The molecule has 20 heavy (non-hydrogen) atoms. The Hall–Kier alpha value is -1.74. The van der Waals surface area contributed by atoms with Crippen molar-refractivity contribution in [1.82, 2.24) is 15.5 Å². The lowest BCUT2D eigenvalue weighted by atomic mass is 9.94. The molecule has 1 atom stereocenters. The van der Waals surface area contributed by atoms with Gasteiger partial charge in [-0.05, 0) is 51.4 Å². The predicted octanol–water partition coefficient (Wildman–Crippen LogP) is 3.27. The quantitative estimate of drug-likeness (QED) is 0.925. The molecule has 0 aliphatic heterocycles. The molecule has 0 fully saturated rings. The highest BCUT2D eigenvalue weighted by Crippen LogP contribution is 2.26. The minimum atomic E-state index is 0.165. The van der Waals surface area contributed by atoms with E-state index in [1.54, 1.807) is 0 Å². The Morgan fingerprint density at radius 1 is 1.00 bits per heavy atom. The summed E-state index contributed by atoms with van der Waals surface area (Å²) >= 11 is 0. The lowest BCUT2D eigenvalue weighted by molar-refractivity contribution is 0.668. The van der Waals surface area contributed by atoms with Gasteiger partial charge in [0, 0.05) is 0 Å². The van der Waals surface area contributed by atoms with E-state index in [9.17, 15) is 0 Å². The molecule has 1 unspecified atom stereocenters. The summed E-state index contributed by atoms with van der Waals surface area (Å²) in [7, 11) is 2.00. The molecule has 2 aromatic rings. The predicted molar refractivity (Wildman–Crippen MR) is 83.0 cm³/mol. The summed E-state index contributed by atoms with van der Waals surface area (Å²) in [6.07, 6.45) is 0.894. The fourth-order valence-corrected chi connectivity index (χ4v) is 2.74. The molecular formula is C17H23N3. The highest BCUT2D eigenvalue weighted by Gasteiger charge is 2.17. The molecule has 1 heterocycles. The number of nitrogens with zero attached hydrogens (tertiary/aromatic N) is 2. The van der Waals surface area contributed by atoms with Gasteiger partial charge in [0.2, 0.25) is 0 Å². The molecule has 0 radical (unpaired) electrons. The molecule has 0 aliphatic rings. The van der Waals surface area contributed by atoms with E-state index in [1.807, 2.05) is 14.0 Å². The molecule has 0 amide bonds. The summed E-state index contributed by atoms with van der Waals surface area (Å²) in [4.78, 5) is 0. The number of hydrogen-bond acceptors (Lipinski definition) is 3. The Balaban J connectivity index is 2.54. The van der Waals surface area contributed by atoms with Crippen LogP contribution in [0.3, 0.4) is 0 Å². The Morgan fingerprint density at radius 3 is 2.20 bits per heavy atom. The van der Waals surface area contributed by atoms with E-state index in [0.717, 1.165) is 17.8 Å². The van der Waals surface area contributed by atoms with E-state index in [0.29, 0.717) is 0 Å². The third-order valence-electron chi connectivity index (χ3n) is 3.54. The zero-order chi connectivity index (χ0) is 14.7. The first-order valence-electron chi connectivity index (χ1n) is 7.13. The van der Waals surface area contributed by atoms with Crippen molar-refractivity contribution >= 4 is 0 Å². The Bertz CT molecular complexity index is 585. The van der Waals surface area contributed by atoms with Crippen LogP contribution in [0.4, 0.5) is 0 Å². The van der Waals surface area contributed by atoms with Gasteiger partial charge >= 0.3 is 0 Å². The zero-order valence-corrected chi connectivity index (χ0v) is 13.0. The van der Waals surface area contributed by atoms with Crippen LogP contribution in [0.2, 0.25) is 0 Å². The summed E-state index contributed by atoms with van der Waals surface area (Å²) in [6, 6.07) is 8.99. The van der Waals surface area contributed by atoms with E-state index in [4.69, 9.17) is 0 Å². The van der Waals surface area contributed by atoms with Crippen molar-refractivity contribution in [2.24, 2.45) is 0 Å². The average Bonchev–Trinajstić information content (AvgIpc) is 2.39. The number of hydrogen-bond donors (Lipinski definition) is 1. The molecule has 106 valence electrons. The first-order valence-corrected chi connectivity index (χ1v) is 7.13. The Kier molecular flexibility index (Phi) is 4.50. The minimum Gasteiger partial charge on any atom is -0.309 e. The number of aryl methyl sites for hydroxylation is 4. The van der Waals surface area contributed by atoms with Crippen LogP contribution in [-0.4, -0.2) is 17.2 Å². The second kappa shape index (κ2) is 6.14. The second-order valence-corrected chi connectivity index (χ2v) is 5.38. The molecule has 1 aromatic carbocycles. The maximum atomic E-state index is 4.35. The van der Waals surface area contributed by atoms with Gasteiger partial charge in [0.1, 0.15) is 0 Å². The number of rotatable bonds is 4. The molecule has 0 bridgehead atoms. The van der Waals surface area contributed by atoms with E-state index in [2.05, 4.69) is 60.6 Å². The van der Waals surface area contributed by atoms with Crippen LogP contribution >= 0.6 is 0 Å². The van der Waals surface area contributed by atoms with Crippen LogP contribution < -0.4 is 5.32 Å². The van der Waals surface area contributed by atoms with Crippen molar-refractivity contribution in [3.05, 3.63) is 57.9 Å². The maximum Gasteiger partial charge on any atom is 0.0679 e. The molecular weight excluding hydrogens is 246 g/mol. The molecule has 1 N–H and O–H groups in total. The lowest BCUT2D eigenvalue weighted by Gasteiger charge is -2.20. The van der Waals surface area contributed by atoms with Gasteiger partial charge in [-0.1, -0.05) is 36.2 Å². The normalized spacial score (nSPS) is 12.4. The Morgan fingerprint density at radius 2 is 1.65 bits per heavy atom. The van der Waals surface area contributed by atoms with Gasteiger partial charge in [0.25, 0.3) is 0 Å². The largest absolute Gasteiger partial charge is 0.309 e. The maximum absolute atomic E-state index is 4.35. The highest BCUT2D eigenvalue weighted by molar-refractivity contribution is 5.38. The van der Waals surface area contributed by atoms with Gasteiger partial charge in [-0.2, -0.15) is 10.2 Å². The Labute approximate surface area is 121 Å². The third kappa shape index (κ3) is 3.05. The van der Waals surface area contributed by atoms with E-state index in [-0.39, 0.29) is 6.04 Å². The van der Waals surface area contributed by atoms with Gasteiger partial charge in [0.15, 0.2) is 0 Å². The van der Waals surface area contributed by atoms with Crippen molar-refractivity contribution < 1.29 is 0 Å². The molecule has 3 nitrogen and oxygen atoms in total. The fourth-order valence-electron chi connectivity index (χ4n) is 2.74. The molecule has 0 spiro atoms. The summed E-state index contributed by atoms with van der Waals surface area (Å²) in [5, 5.41) is 11.9. The fraction of sp³-hybridized carbons (Fsp3) is 0.412. The minimum absolute atomic E-state index is 0.165. The monoisotopic (exact) mass is 269 g/mol. The number of aromatic nitrogens is 2. The molecule has 1 aromatic heterocycles. The van der Waals surface area contributed by atoms with Gasteiger partial charge < -0.3 is 5.32 Å². The first-order chi connectivity index (χ1) is 9.55. The molecule has 0 saturated carbocycles. The van der Waals surface area contributed by atoms with Gasteiger partial charge in [-0.15, -0.1) is 0 Å². The van der Waals surface area contributed by atoms with Crippen molar-refractivity contribution in [2.45, 2.75) is 40.2 Å². The van der Waals surface area contributed by atoms with Crippen LogP contribution in [0.5, 0.6) is 0 Å². The van der Waals surface area contributed by atoms with Crippen molar-refractivity contribution in [2.75, 3.05) is 7.05 Å². The van der Waals surface area contributed by atoms with Gasteiger partial charge in [0.05, 0.1) is 17.4 Å². The van der Waals surface area contributed by atoms with Crippen molar-refractivity contribution in [1.29, 1.82) is 0 Å². The highest BCUT2D eigenvalue weighted by atomic mass is 15.1. The summed E-state index contributed by atoms with van der Waals surface area (Å²) < 4.78 is 0. The van der Waals surface area contributed by atoms with Crippen LogP contribution in [0, 0.1) is 20.8 Å². The van der Waals surface area contributed by atoms with Crippen molar-refractivity contribution in [3.63, 3.8) is 0 Å². The third-order valence-corrected chi connectivity index (χ3v) is 3.54. The van der Waals surface area contributed by atoms with Crippen molar-refractivity contribution in [3.8, 4) is 0 Å². The number of benzene rings is 1. The average molecular weight is 269 g/mol. The standard InChI is InChI=1S/C17H23N3/c1-6-16-15(10-13(4)19-20-16)17(18-5)14-8-11(2)7-12(3)9-14/h7-10,17-18H,6H2,1-5H3. The molecule has 0 aliphatic carbocycles. The van der Waals surface area contributed by atoms with E-state index >= 15 is 0 Å². The summed E-state index contributed by atoms with van der Waals surface area (Å²) in [5.74, 6) is 0. The number of nitrogens with one attached hydrogen (secondary N) is 1. The van der Waals surface area contributed by atoms with E-state index < -0.39 is 0 Å².